The maximum absolute atomic E-state index is 12.1. The van der Waals surface area contributed by atoms with E-state index < -0.39 is 0 Å². The van der Waals surface area contributed by atoms with Crippen LogP contribution in [0.25, 0.3) is 0 Å². The molecule has 0 bridgehead atoms. The Hall–Kier alpha value is -2.37. The van der Waals surface area contributed by atoms with Crippen LogP contribution >= 0.6 is 11.6 Å². The largest absolute Gasteiger partial charge is 0.376 e. The molecule has 1 heterocycles. The lowest BCUT2D eigenvalue weighted by Crippen LogP contribution is -2.31. The number of rotatable bonds is 5. The van der Waals surface area contributed by atoms with E-state index in [1.54, 1.807) is 48.5 Å². The molecule has 3 rings (SSSR count). The Morgan fingerprint density at radius 2 is 1.64 bits per heavy atom. The van der Waals surface area contributed by atoms with Crippen LogP contribution in [0.4, 0.5) is 5.69 Å². The van der Waals surface area contributed by atoms with E-state index >= 15 is 0 Å². The summed E-state index contributed by atoms with van der Waals surface area (Å²) in [4.78, 5) is 24.3. The van der Waals surface area contributed by atoms with E-state index in [9.17, 15) is 9.59 Å². The van der Waals surface area contributed by atoms with Crippen molar-refractivity contribution in [3.05, 3.63) is 64.7 Å². The van der Waals surface area contributed by atoms with Crippen molar-refractivity contribution in [2.75, 3.05) is 18.5 Å². The molecule has 1 atom stereocenters. The number of carbonyl (C=O) groups excluding carboxylic acids is 2. The Labute approximate surface area is 151 Å². The maximum atomic E-state index is 12.1. The van der Waals surface area contributed by atoms with Gasteiger partial charge in [-0.05, 0) is 61.4 Å². The molecule has 2 aromatic carbocycles. The van der Waals surface area contributed by atoms with Crippen molar-refractivity contribution in [3.8, 4) is 0 Å². The summed E-state index contributed by atoms with van der Waals surface area (Å²) < 4.78 is 5.48. The van der Waals surface area contributed by atoms with Gasteiger partial charge in [-0.2, -0.15) is 0 Å². The number of anilines is 1. The Morgan fingerprint density at radius 1 is 1.00 bits per heavy atom. The van der Waals surface area contributed by atoms with Gasteiger partial charge in [0.25, 0.3) is 11.8 Å². The van der Waals surface area contributed by atoms with Crippen LogP contribution in [0.15, 0.2) is 48.5 Å². The quantitative estimate of drug-likeness (QED) is 0.859. The smallest absolute Gasteiger partial charge is 0.255 e. The summed E-state index contributed by atoms with van der Waals surface area (Å²) in [5, 5.41) is 6.23. The fourth-order valence-corrected chi connectivity index (χ4v) is 2.75. The van der Waals surface area contributed by atoms with Crippen molar-refractivity contribution in [3.63, 3.8) is 0 Å². The molecule has 1 aliphatic heterocycles. The number of amides is 2. The van der Waals surface area contributed by atoms with Crippen LogP contribution in [-0.2, 0) is 4.74 Å². The van der Waals surface area contributed by atoms with Crippen LogP contribution < -0.4 is 10.6 Å². The minimum Gasteiger partial charge on any atom is -0.376 e. The highest BCUT2D eigenvalue weighted by molar-refractivity contribution is 6.30. The van der Waals surface area contributed by atoms with E-state index in [0.29, 0.717) is 28.4 Å². The van der Waals surface area contributed by atoms with Crippen molar-refractivity contribution in [1.29, 1.82) is 0 Å². The standard InChI is InChI=1S/C19H19ClN2O3/c20-15-7-3-14(4-8-15)19(24)22-16-9-5-13(6-10-16)18(23)21-12-17-2-1-11-25-17/h3-10,17H,1-2,11-12H2,(H,21,23)(H,22,24)/t17-/m1/s1. The third kappa shape index (κ3) is 4.81. The fraction of sp³-hybridized carbons (Fsp3) is 0.263. The van der Waals surface area contributed by atoms with Gasteiger partial charge in [0.1, 0.15) is 0 Å². The highest BCUT2D eigenvalue weighted by Gasteiger charge is 2.16. The first-order valence-electron chi connectivity index (χ1n) is 8.18. The van der Waals surface area contributed by atoms with Crippen LogP contribution in [-0.4, -0.2) is 31.1 Å². The Bertz CT molecular complexity index is 738. The summed E-state index contributed by atoms with van der Waals surface area (Å²) in [6.07, 6.45) is 2.14. The molecule has 0 saturated carbocycles. The minimum atomic E-state index is -0.229. The Kier molecular flexibility index (Phi) is 5.68. The lowest BCUT2D eigenvalue weighted by atomic mass is 10.1. The van der Waals surface area contributed by atoms with E-state index in [0.717, 1.165) is 19.4 Å². The zero-order valence-electron chi connectivity index (χ0n) is 13.6. The van der Waals surface area contributed by atoms with Crippen molar-refractivity contribution in [2.45, 2.75) is 18.9 Å². The van der Waals surface area contributed by atoms with Gasteiger partial charge in [-0.3, -0.25) is 9.59 Å². The minimum absolute atomic E-state index is 0.113. The predicted molar refractivity (Wildman–Crippen MR) is 97.2 cm³/mol. The molecule has 0 radical (unpaired) electrons. The van der Waals surface area contributed by atoms with Gasteiger partial charge < -0.3 is 15.4 Å². The summed E-state index contributed by atoms with van der Waals surface area (Å²) in [7, 11) is 0. The topological polar surface area (TPSA) is 67.4 Å². The van der Waals surface area contributed by atoms with Crippen molar-refractivity contribution < 1.29 is 14.3 Å². The van der Waals surface area contributed by atoms with Crippen molar-refractivity contribution in [2.24, 2.45) is 0 Å². The van der Waals surface area contributed by atoms with E-state index in [1.807, 2.05) is 0 Å². The van der Waals surface area contributed by atoms with Crippen LogP contribution in [0.5, 0.6) is 0 Å². The van der Waals surface area contributed by atoms with Crippen LogP contribution in [0.1, 0.15) is 33.6 Å². The van der Waals surface area contributed by atoms with Gasteiger partial charge in [0.2, 0.25) is 0 Å². The van der Waals surface area contributed by atoms with Gasteiger partial charge in [0, 0.05) is 35.0 Å². The van der Waals surface area contributed by atoms with Gasteiger partial charge in [-0.15, -0.1) is 0 Å². The SMILES string of the molecule is O=C(NC[C@H]1CCCO1)c1ccc(NC(=O)c2ccc(Cl)cc2)cc1. The molecule has 1 fully saturated rings. The first kappa shape index (κ1) is 17.5. The zero-order valence-corrected chi connectivity index (χ0v) is 14.4. The molecule has 1 aliphatic rings. The van der Waals surface area contributed by atoms with Crippen molar-refractivity contribution >= 4 is 29.1 Å². The summed E-state index contributed by atoms with van der Waals surface area (Å²) in [6.45, 7) is 1.29. The highest BCUT2D eigenvalue weighted by Crippen LogP contribution is 2.14. The number of halogens is 1. The second-order valence-corrected chi connectivity index (χ2v) is 6.32. The lowest BCUT2D eigenvalue weighted by Gasteiger charge is -2.11. The number of ether oxygens (including phenoxy) is 1. The molecule has 1 saturated heterocycles. The molecular formula is C19H19ClN2O3. The third-order valence-corrected chi connectivity index (χ3v) is 4.28. The van der Waals surface area contributed by atoms with Gasteiger partial charge >= 0.3 is 0 Å². The molecule has 0 spiro atoms. The van der Waals surface area contributed by atoms with E-state index in [4.69, 9.17) is 16.3 Å². The number of nitrogens with one attached hydrogen (secondary N) is 2. The molecule has 0 aliphatic carbocycles. The fourth-order valence-electron chi connectivity index (χ4n) is 2.62. The lowest BCUT2D eigenvalue weighted by molar-refractivity contribution is 0.0857. The molecule has 5 nitrogen and oxygen atoms in total. The molecule has 130 valence electrons. The van der Waals surface area contributed by atoms with Crippen LogP contribution in [0.2, 0.25) is 5.02 Å². The molecule has 0 aromatic heterocycles. The Morgan fingerprint density at radius 3 is 2.28 bits per heavy atom. The van der Waals surface area contributed by atoms with Crippen LogP contribution in [0, 0.1) is 0 Å². The van der Waals surface area contributed by atoms with Gasteiger partial charge in [0.05, 0.1) is 6.10 Å². The Balaban J connectivity index is 1.55. The second kappa shape index (κ2) is 8.14. The number of hydrogen-bond acceptors (Lipinski definition) is 3. The number of benzene rings is 2. The number of carbonyl (C=O) groups is 2. The van der Waals surface area contributed by atoms with Crippen molar-refractivity contribution in [1.82, 2.24) is 5.32 Å². The normalized spacial score (nSPS) is 16.4. The zero-order chi connectivity index (χ0) is 17.6. The van der Waals surface area contributed by atoms with E-state index in [1.165, 1.54) is 0 Å². The first-order valence-corrected chi connectivity index (χ1v) is 8.56. The average molecular weight is 359 g/mol. The van der Waals surface area contributed by atoms with Crippen LogP contribution in [0.3, 0.4) is 0 Å². The van der Waals surface area contributed by atoms with Gasteiger partial charge in [-0.25, -0.2) is 0 Å². The summed E-state index contributed by atoms with van der Waals surface area (Å²) >= 11 is 5.81. The molecule has 25 heavy (non-hydrogen) atoms. The highest BCUT2D eigenvalue weighted by atomic mass is 35.5. The van der Waals surface area contributed by atoms with E-state index in [2.05, 4.69) is 10.6 Å². The van der Waals surface area contributed by atoms with Gasteiger partial charge in [-0.1, -0.05) is 11.6 Å². The van der Waals surface area contributed by atoms with E-state index in [-0.39, 0.29) is 17.9 Å². The predicted octanol–water partition coefficient (Wildman–Crippen LogP) is 3.50. The number of hydrogen-bond donors (Lipinski definition) is 2. The molecule has 0 unspecified atom stereocenters. The molecular weight excluding hydrogens is 340 g/mol. The third-order valence-electron chi connectivity index (χ3n) is 4.03. The van der Waals surface area contributed by atoms with Gasteiger partial charge in [0.15, 0.2) is 0 Å². The maximum Gasteiger partial charge on any atom is 0.255 e. The molecule has 2 aromatic rings. The average Bonchev–Trinajstić information content (AvgIpc) is 3.14. The molecule has 6 heteroatoms. The summed E-state index contributed by atoms with van der Waals surface area (Å²) in [5.74, 6) is -0.377. The summed E-state index contributed by atoms with van der Waals surface area (Å²) in [6, 6.07) is 13.4. The monoisotopic (exact) mass is 358 g/mol. The first-order chi connectivity index (χ1) is 12.1. The summed E-state index contributed by atoms with van der Waals surface area (Å²) in [5.41, 5.74) is 1.68. The molecule has 2 amide bonds. The second-order valence-electron chi connectivity index (χ2n) is 5.88. The molecule has 2 N–H and O–H groups in total.